The fraction of sp³-hybridized carbons (Fsp3) is 0.444. The Hall–Kier alpha value is -2.15. The minimum Gasteiger partial charge on any atom is -0.352 e. The molecule has 1 aromatic carbocycles. The van der Waals surface area contributed by atoms with Crippen LogP contribution in [0.1, 0.15) is 35.0 Å². The fourth-order valence-electron chi connectivity index (χ4n) is 3.23. The molecule has 1 N–H and O–H groups in total. The van der Waals surface area contributed by atoms with E-state index in [1.807, 2.05) is 41.9 Å². The maximum Gasteiger partial charge on any atom is 0.254 e. The molecule has 1 amide bonds. The van der Waals surface area contributed by atoms with E-state index in [9.17, 15) is 13.2 Å². The van der Waals surface area contributed by atoms with Gasteiger partial charge in [0.2, 0.25) is 0 Å². The highest BCUT2D eigenvalue weighted by molar-refractivity contribution is 7.91. The molecule has 1 aliphatic heterocycles. The average molecular weight is 361 g/mol. The lowest BCUT2D eigenvalue weighted by atomic mass is 10.1. The summed E-state index contributed by atoms with van der Waals surface area (Å²) in [4.78, 5) is 12.5. The Kier molecular flexibility index (Phi) is 5.22. The summed E-state index contributed by atoms with van der Waals surface area (Å²) in [6.07, 6.45) is 2.92. The lowest BCUT2D eigenvalue weighted by Gasteiger charge is -2.11. The van der Waals surface area contributed by atoms with Crippen molar-refractivity contribution in [1.29, 1.82) is 0 Å². The van der Waals surface area contributed by atoms with E-state index in [0.717, 1.165) is 11.3 Å². The smallest absolute Gasteiger partial charge is 0.254 e. The van der Waals surface area contributed by atoms with E-state index in [4.69, 9.17) is 0 Å². The highest BCUT2D eigenvalue weighted by Crippen LogP contribution is 2.18. The number of carbonyl (C=O) groups excluding carboxylic acids is 1. The van der Waals surface area contributed by atoms with Gasteiger partial charge in [-0.2, -0.15) is 5.10 Å². The summed E-state index contributed by atoms with van der Waals surface area (Å²) in [6, 6.07) is 9.99. The van der Waals surface area contributed by atoms with Crippen LogP contribution in [0.15, 0.2) is 36.5 Å². The lowest BCUT2D eigenvalue weighted by Crippen LogP contribution is -2.30. The molecule has 1 aliphatic rings. The second-order valence-corrected chi connectivity index (χ2v) is 8.71. The molecule has 2 heterocycles. The molecule has 0 unspecified atom stereocenters. The molecule has 0 radical (unpaired) electrons. The summed E-state index contributed by atoms with van der Waals surface area (Å²) >= 11 is 0. The molecule has 25 heavy (non-hydrogen) atoms. The molecule has 1 fully saturated rings. The van der Waals surface area contributed by atoms with Crippen molar-refractivity contribution in [1.82, 2.24) is 15.1 Å². The first-order chi connectivity index (χ1) is 12.0. The third-order valence-electron chi connectivity index (χ3n) is 4.58. The second-order valence-electron chi connectivity index (χ2n) is 6.48. The molecule has 0 spiro atoms. The van der Waals surface area contributed by atoms with Crippen LogP contribution in [0.4, 0.5) is 0 Å². The third kappa shape index (κ3) is 4.28. The Morgan fingerprint density at radius 2 is 2.08 bits per heavy atom. The van der Waals surface area contributed by atoms with Gasteiger partial charge < -0.3 is 5.32 Å². The van der Waals surface area contributed by atoms with E-state index in [1.54, 1.807) is 6.20 Å². The Labute approximate surface area is 148 Å². The van der Waals surface area contributed by atoms with Gasteiger partial charge in [0.05, 0.1) is 35.5 Å². The number of nitrogens with zero attached hydrogens (tertiary/aromatic N) is 2. The number of benzene rings is 1. The molecule has 0 saturated carbocycles. The maximum atomic E-state index is 12.5. The molecule has 6 nitrogen and oxygen atoms in total. The zero-order valence-electron chi connectivity index (χ0n) is 14.3. The number of nitrogens with one attached hydrogen (secondary N) is 1. The van der Waals surface area contributed by atoms with Crippen LogP contribution in [0.5, 0.6) is 0 Å². The van der Waals surface area contributed by atoms with Crippen LogP contribution in [0, 0.1) is 5.92 Å². The predicted octanol–water partition coefficient (Wildman–Crippen LogP) is 1.66. The van der Waals surface area contributed by atoms with Gasteiger partial charge in [-0.3, -0.25) is 9.48 Å². The summed E-state index contributed by atoms with van der Waals surface area (Å²) in [5.74, 6) is 0.225. The van der Waals surface area contributed by atoms with Crippen LogP contribution in [0.2, 0.25) is 0 Å². The van der Waals surface area contributed by atoms with Crippen LogP contribution in [-0.2, 0) is 22.8 Å². The van der Waals surface area contributed by atoms with E-state index in [1.165, 1.54) is 0 Å². The van der Waals surface area contributed by atoms with E-state index in [2.05, 4.69) is 10.4 Å². The lowest BCUT2D eigenvalue weighted by molar-refractivity contribution is 0.0947. The Morgan fingerprint density at radius 1 is 1.32 bits per heavy atom. The first-order valence-electron chi connectivity index (χ1n) is 8.55. The number of aromatic nitrogens is 2. The highest BCUT2D eigenvalue weighted by atomic mass is 32.2. The molecule has 1 atom stereocenters. The third-order valence-corrected chi connectivity index (χ3v) is 6.42. The van der Waals surface area contributed by atoms with E-state index < -0.39 is 9.84 Å². The van der Waals surface area contributed by atoms with Gasteiger partial charge in [0, 0.05) is 6.54 Å². The van der Waals surface area contributed by atoms with E-state index in [0.29, 0.717) is 31.5 Å². The largest absolute Gasteiger partial charge is 0.352 e. The first kappa shape index (κ1) is 17.7. The summed E-state index contributed by atoms with van der Waals surface area (Å²) < 4.78 is 24.9. The quantitative estimate of drug-likeness (QED) is 0.848. The SMILES string of the molecule is CCc1c(C(=O)NC[C@@H]2CCS(=O)(=O)C2)cnn1Cc1ccccc1. The molecule has 7 heteroatoms. The van der Waals surface area contributed by atoms with Crippen molar-refractivity contribution in [2.24, 2.45) is 5.92 Å². The monoisotopic (exact) mass is 361 g/mol. The van der Waals surface area contributed by atoms with Crippen molar-refractivity contribution >= 4 is 15.7 Å². The summed E-state index contributed by atoms with van der Waals surface area (Å²) in [5.41, 5.74) is 2.59. The fourth-order valence-corrected chi connectivity index (χ4v) is 5.09. The highest BCUT2D eigenvalue weighted by Gasteiger charge is 2.28. The van der Waals surface area contributed by atoms with Crippen molar-refractivity contribution in [2.45, 2.75) is 26.3 Å². The summed E-state index contributed by atoms with van der Waals surface area (Å²) in [7, 11) is -2.92. The van der Waals surface area contributed by atoms with Crippen molar-refractivity contribution in [2.75, 3.05) is 18.1 Å². The van der Waals surface area contributed by atoms with Gasteiger partial charge in [0.25, 0.3) is 5.91 Å². The number of hydrogen-bond acceptors (Lipinski definition) is 4. The molecule has 1 saturated heterocycles. The maximum absolute atomic E-state index is 12.5. The number of carbonyl (C=O) groups is 1. The van der Waals surface area contributed by atoms with Crippen LogP contribution in [0.3, 0.4) is 0 Å². The van der Waals surface area contributed by atoms with Crippen molar-refractivity contribution in [3.63, 3.8) is 0 Å². The van der Waals surface area contributed by atoms with Gasteiger partial charge in [-0.1, -0.05) is 37.3 Å². The number of sulfone groups is 1. The Balaban J connectivity index is 1.66. The van der Waals surface area contributed by atoms with Crippen molar-refractivity contribution < 1.29 is 13.2 Å². The van der Waals surface area contributed by atoms with Crippen molar-refractivity contribution in [3.8, 4) is 0 Å². The number of rotatable bonds is 6. The van der Waals surface area contributed by atoms with Crippen LogP contribution in [-0.4, -0.2) is 42.2 Å². The molecule has 2 aromatic rings. The topological polar surface area (TPSA) is 81.1 Å². The summed E-state index contributed by atoms with van der Waals surface area (Å²) in [6.45, 7) is 3.02. The number of hydrogen-bond donors (Lipinski definition) is 1. The first-order valence-corrected chi connectivity index (χ1v) is 10.4. The minimum absolute atomic E-state index is 0.0124. The Bertz CT molecular complexity index is 844. The van der Waals surface area contributed by atoms with E-state index >= 15 is 0 Å². The molecule has 1 aromatic heterocycles. The van der Waals surface area contributed by atoms with Gasteiger partial charge in [-0.25, -0.2) is 8.42 Å². The van der Waals surface area contributed by atoms with Gasteiger partial charge in [-0.05, 0) is 24.3 Å². The zero-order chi connectivity index (χ0) is 17.9. The van der Waals surface area contributed by atoms with Crippen LogP contribution >= 0.6 is 0 Å². The van der Waals surface area contributed by atoms with E-state index in [-0.39, 0.29) is 23.3 Å². The average Bonchev–Trinajstić information content (AvgIpc) is 3.16. The second kappa shape index (κ2) is 7.39. The molecule has 134 valence electrons. The standard InChI is InChI=1S/C18H23N3O3S/c1-2-17-16(11-20-21(17)12-14-6-4-3-5-7-14)18(22)19-10-15-8-9-25(23,24)13-15/h3-7,11,15H,2,8-10,12-13H2,1H3,(H,19,22)/t15-/m0/s1. The van der Waals surface area contributed by atoms with Gasteiger partial charge in [0.1, 0.15) is 0 Å². The number of amides is 1. The normalized spacial score (nSPS) is 19.0. The zero-order valence-corrected chi connectivity index (χ0v) is 15.1. The predicted molar refractivity (Wildman–Crippen MR) is 96.2 cm³/mol. The van der Waals surface area contributed by atoms with Crippen LogP contribution in [0.25, 0.3) is 0 Å². The van der Waals surface area contributed by atoms with Crippen LogP contribution < -0.4 is 5.32 Å². The van der Waals surface area contributed by atoms with Crippen molar-refractivity contribution in [3.05, 3.63) is 53.3 Å². The molecule has 0 bridgehead atoms. The molecule has 3 rings (SSSR count). The molecular weight excluding hydrogens is 338 g/mol. The minimum atomic E-state index is -2.92. The Morgan fingerprint density at radius 3 is 2.72 bits per heavy atom. The molecular formula is C18H23N3O3S. The van der Waals surface area contributed by atoms with Gasteiger partial charge in [-0.15, -0.1) is 0 Å². The molecule has 0 aliphatic carbocycles. The summed E-state index contributed by atoms with van der Waals surface area (Å²) in [5, 5.41) is 7.24. The van der Waals surface area contributed by atoms with Gasteiger partial charge in [0.15, 0.2) is 9.84 Å². The van der Waals surface area contributed by atoms with Gasteiger partial charge >= 0.3 is 0 Å².